The van der Waals surface area contributed by atoms with Gasteiger partial charge in [-0.25, -0.2) is 4.98 Å². The van der Waals surface area contributed by atoms with Crippen molar-refractivity contribution >= 4 is 16.5 Å². The highest BCUT2D eigenvalue weighted by Crippen LogP contribution is 2.28. The third-order valence-corrected chi connectivity index (χ3v) is 2.83. The van der Waals surface area contributed by atoms with Crippen molar-refractivity contribution in [2.24, 2.45) is 0 Å². The zero-order valence-electron chi connectivity index (χ0n) is 9.18. The minimum absolute atomic E-state index is 0.587. The number of hydrogen-bond acceptors (Lipinski definition) is 5. The summed E-state index contributed by atoms with van der Waals surface area (Å²) in [5.41, 5.74) is 6.69. The number of hydroxylamine groups is 2. The lowest BCUT2D eigenvalue weighted by atomic mass is 10.2. The fourth-order valence-electron chi connectivity index (χ4n) is 1.31. The van der Waals surface area contributed by atoms with E-state index >= 15 is 0 Å². The van der Waals surface area contributed by atoms with E-state index < -0.39 is 0 Å². The molecule has 0 aliphatic heterocycles. The van der Waals surface area contributed by atoms with E-state index in [-0.39, 0.29) is 0 Å². The van der Waals surface area contributed by atoms with Gasteiger partial charge in [0, 0.05) is 20.3 Å². The van der Waals surface area contributed by atoms with Crippen LogP contribution in [0, 0.1) is 0 Å². The first-order valence-corrected chi connectivity index (χ1v) is 5.64. The number of anilines is 1. The van der Waals surface area contributed by atoms with Gasteiger partial charge in [-0.15, -0.1) is 0 Å². The van der Waals surface area contributed by atoms with Gasteiger partial charge < -0.3 is 10.6 Å². The van der Waals surface area contributed by atoms with Crippen molar-refractivity contribution < 1.29 is 4.84 Å². The van der Waals surface area contributed by atoms with Crippen LogP contribution >= 0.6 is 11.3 Å². The van der Waals surface area contributed by atoms with Crippen molar-refractivity contribution in [3.63, 3.8) is 0 Å². The number of thiazole rings is 1. The van der Waals surface area contributed by atoms with E-state index in [4.69, 9.17) is 10.6 Å². The van der Waals surface area contributed by atoms with E-state index in [1.807, 2.05) is 38.4 Å². The molecule has 0 amide bonds. The van der Waals surface area contributed by atoms with Crippen molar-refractivity contribution in [1.82, 2.24) is 10.0 Å². The van der Waals surface area contributed by atoms with Crippen LogP contribution in [-0.4, -0.2) is 24.1 Å². The molecule has 0 spiro atoms. The molecule has 1 aromatic heterocycles. The highest BCUT2D eigenvalue weighted by Gasteiger charge is 2.03. The first kappa shape index (κ1) is 10.9. The monoisotopic (exact) mass is 235 g/mol. The Kier molecular flexibility index (Phi) is 3.07. The van der Waals surface area contributed by atoms with Crippen LogP contribution in [0.1, 0.15) is 0 Å². The molecule has 16 heavy (non-hydrogen) atoms. The lowest BCUT2D eigenvalue weighted by Crippen LogP contribution is -2.15. The molecule has 4 nitrogen and oxygen atoms in total. The number of hydrogen-bond donors (Lipinski definition) is 1. The van der Waals surface area contributed by atoms with Gasteiger partial charge in [0.2, 0.25) is 0 Å². The number of nitrogen functional groups attached to an aromatic ring is 1. The van der Waals surface area contributed by atoms with Crippen molar-refractivity contribution in [1.29, 1.82) is 0 Å². The molecule has 2 N–H and O–H groups in total. The summed E-state index contributed by atoms with van der Waals surface area (Å²) in [5.74, 6) is 0.811. The highest BCUT2D eigenvalue weighted by atomic mass is 32.1. The highest BCUT2D eigenvalue weighted by molar-refractivity contribution is 7.18. The van der Waals surface area contributed by atoms with Crippen molar-refractivity contribution in [2.75, 3.05) is 19.8 Å². The smallest absolute Gasteiger partial charge is 0.180 e. The Hall–Kier alpha value is -1.59. The van der Waals surface area contributed by atoms with Gasteiger partial charge in [-0.05, 0) is 29.8 Å². The van der Waals surface area contributed by atoms with E-state index in [1.54, 1.807) is 11.3 Å². The van der Waals surface area contributed by atoms with Crippen LogP contribution in [0.4, 0.5) is 5.13 Å². The maximum Gasteiger partial charge on any atom is 0.180 e. The Bertz CT molecular complexity index is 464. The fourth-order valence-corrected chi connectivity index (χ4v) is 2.00. The van der Waals surface area contributed by atoms with E-state index in [9.17, 15) is 0 Å². The summed E-state index contributed by atoms with van der Waals surface area (Å²) in [6, 6.07) is 7.83. The van der Waals surface area contributed by atoms with Gasteiger partial charge in [0.1, 0.15) is 5.75 Å². The number of aromatic nitrogens is 1. The first-order chi connectivity index (χ1) is 7.65. The van der Waals surface area contributed by atoms with Crippen LogP contribution in [0.3, 0.4) is 0 Å². The van der Waals surface area contributed by atoms with E-state index in [0.29, 0.717) is 5.13 Å². The van der Waals surface area contributed by atoms with Gasteiger partial charge in [0.05, 0.1) is 4.88 Å². The molecule has 0 bridgehead atoms. The molecule has 0 aliphatic carbocycles. The average molecular weight is 235 g/mol. The quantitative estimate of drug-likeness (QED) is 0.829. The number of nitrogens with two attached hydrogens (primary N) is 1. The summed E-state index contributed by atoms with van der Waals surface area (Å²) >= 11 is 1.48. The lowest BCUT2D eigenvalue weighted by Gasteiger charge is -2.11. The molecule has 0 unspecified atom stereocenters. The summed E-state index contributed by atoms with van der Waals surface area (Å²) in [4.78, 5) is 10.5. The SMILES string of the molecule is CN(C)Oc1ccc(-c2cnc(N)s2)cc1. The molecule has 2 aromatic rings. The molecule has 1 heterocycles. The van der Waals surface area contributed by atoms with Crippen molar-refractivity contribution in [2.45, 2.75) is 0 Å². The normalized spacial score (nSPS) is 10.7. The minimum atomic E-state index is 0.587. The standard InChI is InChI=1S/C11H13N3OS/c1-14(2)15-9-5-3-8(4-6-9)10-7-13-11(12)16-10/h3-7H,1-2H3,(H2,12,13). The second-order valence-corrected chi connectivity index (χ2v) is 4.55. The number of nitrogens with zero attached hydrogens (tertiary/aromatic N) is 2. The van der Waals surface area contributed by atoms with Crippen LogP contribution in [-0.2, 0) is 0 Å². The molecule has 2 rings (SSSR count). The van der Waals surface area contributed by atoms with Gasteiger partial charge in [0.15, 0.2) is 5.13 Å². The Labute approximate surface area is 98.2 Å². The Morgan fingerprint density at radius 1 is 1.25 bits per heavy atom. The molecular weight excluding hydrogens is 222 g/mol. The minimum Gasteiger partial charge on any atom is -0.407 e. The second-order valence-electron chi connectivity index (χ2n) is 3.49. The molecule has 0 saturated carbocycles. The summed E-state index contributed by atoms with van der Waals surface area (Å²) in [7, 11) is 3.69. The van der Waals surface area contributed by atoms with Gasteiger partial charge >= 0.3 is 0 Å². The maximum absolute atomic E-state index is 5.59. The molecule has 84 valence electrons. The van der Waals surface area contributed by atoms with E-state index in [1.165, 1.54) is 11.3 Å². The molecule has 0 aliphatic rings. The number of rotatable bonds is 3. The maximum atomic E-state index is 5.59. The Morgan fingerprint density at radius 2 is 1.94 bits per heavy atom. The molecule has 0 atom stereocenters. The summed E-state index contributed by atoms with van der Waals surface area (Å²) in [6.07, 6.45) is 1.78. The predicted octanol–water partition coefficient (Wildman–Crippen LogP) is 2.25. The van der Waals surface area contributed by atoms with Crippen LogP contribution in [0.5, 0.6) is 5.75 Å². The van der Waals surface area contributed by atoms with Crippen LogP contribution in [0.25, 0.3) is 10.4 Å². The zero-order valence-corrected chi connectivity index (χ0v) is 9.99. The van der Waals surface area contributed by atoms with E-state index in [0.717, 1.165) is 16.2 Å². The zero-order chi connectivity index (χ0) is 11.5. The topological polar surface area (TPSA) is 51.4 Å². The fraction of sp³-hybridized carbons (Fsp3) is 0.182. The Balaban J connectivity index is 2.19. The number of benzene rings is 1. The second kappa shape index (κ2) is 4.51. The molecule has 0 saturated heterocycles. The van der Waals surface area contributed by atoms with Crippen LogP contribution in [0.15, 0.2) is 30.5 Å². The molecular formula is C11H13N3OS. The third-order valence-electron chi connectivity index (χ3n) is 1.95. The van der Waals surface area contributed by atoms with Crippen LogP contribution < -0.4 is 10.6 Å². The van der Waals surface area contributed by atoms with Gasteiger partial charge in [-0.1, -0.05) is 11.3 Å². The van der Waals surface area contributed by atoms with Gasteiger partial charge in [0.25, 0.3) is 0 Å². The summed E-state index contributed by atoms with van der Waals surface area (Å²) < 4.78 is 0. The summed E-state index contributed by atoms with van der Waals surface area (Å²) in [5, 5.41) is 2.24. The Morgan fingerprint density at radius 3 is 2.44 bits per heavy atom. The van der Waals surface area contributed by atoms with Gasteiger partial charge in [-0.2, -0.15) is 5.06 Å². The van der Waals surface area contributed by atoms with Crippen LogP contribution in [0.2, 0.25) is 0 Å². The largest absolute Gasteiger partial charge is 0.407 e. The van der Waals surface area contributed by atoms with Gasteiger partial charge in [-0.3, -0.25) is 0 Å². The van der Waals surface area contributed by atoms with Crippen molar-refractivity contribution in [3.8, 4) is 16.2 Å². The lowest BCUT2D eigenvalue weighted by molar-refractivity contribution is -0.00324. The molecule has 0 fully saturated rings. The predicted molar refractivity (Wildman–Crippen MR) is 66.3 cm³/mol. The van der Waals surface area contributed by atoms with E-state index in [2.05, 4.69) is 4.98 Å². The van der Waals surface area contributed by atoms with Crippen molar-refractivity contribution in [3.05, 3.63) is 30.5 Å². The molecule has 1 aromatic carbocycles. The first-order valence-electron chi connectivity index (χ1n) is 4.82. The average Bonchev–Trinajstić information content (AvgIpc) is 2.65. The molecule has 5 heteroatoms. The summed E-state index contributed by atoms with van der Waals surface area (Å²) in [6.45, 7) is 0. The third kappa shape index (κ3) is 2.50. The molecule has 0 radical (unpaired) electrons.